The lowest BCUT2D eigenvalue weighted by atomic mass is 10.1. The van der Waals surface area contributed by atoms with Crippen LogP contribution >= 0.6 is 0 Å². The second-order valence-corrected chi connectivity index (χ2v) is 5.19. The van der Waals surface area contributed by atoms with Crippen molar-refractivity contribution in [3.05, 3.63) is 48.0 Å². The molecule has 0 aliphatic rings. The average molecular weight is 295 g/mol. The van der Waals surface area contributed by atoms with E-state index in [0.717, 1.165) is 5.69 Å². The topological polar surface area (TPSA) is 85.2 Å². The Hall–Kier alpha value is -3.00. The summed E-state index contributed by atoms with van der Waals surface area (Å²) in [5, 5.41) is 24.3. The summed E-state index contributed by atoms with van der Waals surface area (Å²) in [5.74, 6) is -0.102. The number of phenols is 1. The summed E-state index contributed by atoms with van der Waals surface area (Å²) >= 11 is 0. The van der Waals surface area contributed by atoms with Gasteiger partial charge in [0.15, 0.2) is 0 Å². The number of amides is 1. The maximum atomic E-state index is 11.9. The number of benzene rings is 2. The molecule has 5 nitrogen and oxygen atoms in total. The number of phenolic OH excluding ortho intramolecular Hbond substituents is 1. The zero-order chi connectivity index (χ0) is 16.1. The van der Waals surface area contributed by atoms with Gasteiger partial charge in [0, 0.05) is 11.6 Å². The fraction of sp³-hybridized carbons (Fsp3) is 0.176. The summed E-state index contributed by atoms with van der Waals surface area (Å²) in [4.78, 5) is 11.9. The number of nitrogens with one attached hydrogen (secondary N) is 2. The van der Waals surface area contributed by atoms with Crippen LogP contribution < -0.4 is 10.6 Å². The van der Waals surface area contributed by atoms with E-state index in [0.29, 0.717) is 16.9 Å². The molecule has 0 unspecified atom stereocenters. The zero-order valence-corrected chi connectivity index (χ0v) is 12.4. The number of hydrogen-bond donors (Lipinski definition) is 3. The number of nitriles is 1. The molecule has 0 heterocycles. The van der Waals surface area contributed by atoms with E-state index in [1.807, 2.05) is 0 Å². The normalized spacial score (nSPS) is 10.1. The van der Waals surface area contributed by atoms with E-state index in [1.165, 1.54) is 0 Å². The molecule has 0 radical (unpaired) electrons. The number of carbonyl (C=O) groups excluding carboxylic acids is 1. The highest BCUT2D eigenvalue weighted by Crippen LogP contribution is 2.28. The average Bonchev–Trinajstić information content (AvgIpc) is 2.51. The van der Waals surface area contributed by atoms with Gasteiger partial charge in [-0.1, -0.05) is 13.8 Å². The van der Waals surface area contributed by atoms with E-state index in [4.69, 9.17) is 5.26 Å². The van der Waals surface area contributed by atoms with Crippen molar-refractivity contribution in [1.29, 1.82) is 5.26 Å². The minimum atomic E-state index is -0.160. The number of hydrogen-bond acceptors (Lipinski definition) is 4. The van der Waals surface area contributed by atoms with Gasteiger partial charge in [-0.05, 0) is 42.5 Å². The number of anilines is 3. The van der Waals surface area contributed by atoms with Crippen molar-refractivity contribution in [2.45, 2.75) is 13.8 Å². The Morgan fingerprint density at radius 3 is 2.41 bits per heavy atom. The molecule has 0 saturated heterocycles. The van der Waals surface area contributed by atoms with Gasteiger partial charge in [0.1, 0.15) is 5.75 Å². The Morgan fingerprint density at radius 1 is 1.14 bits per heavy atom. The van der Waals surface area contributed by atoms with Crippen LogP contribution in [0.25, 0.3) is 0 Å². The van der Waals surface area contributed by atoms with Crippen LogP contribution in [0.4, 0.5) is 17.1 Å². The molecule has 5 heteroatoms. The first kappa shape index (κ1) is 15.4. The molecule has 0 saturated carbocycles. The van der Waals surface area contributed by atoms with Crippen molar-refractivity contribution in [2.24, 2.45) is 5.92 Å². The molecular weight excluding hydrogens is 278 g/mol. The fourth-order valence-corrected chi connectivity index (χ4v) is 1.80. The molecular formula is C17H17N3O2. The predicted molar refractivity (Wildman–Crippen MR) is 86.0 cm³/mol. The SMILES string of the molecule is CC(C)C(=O)Nc1cc(C#N)ccc1Nc1ccc(O)cc1. The molecule has 0 atom stereocenters. The number of nitrogens with zero attached hydrogens (tertiary/aromatic N) is 1. The Kier molecular flexibility index (Phi) is 4.64. The molecule has 2 aromatic carbocycles. The van der Waals surface area contributed by atoms with Gasteiger partial charge in [0.25, 0.3) is 0 Å². The maximum Gasteiger partial charge on any atom is 0.226 e. The van der Waals surface area contributed by atoms with Crippen LogP contribution in [0.1, 0.15) is 19.4 Å². The van der Waals surface area contributed by atoms with Gasteiger partial charge in [-0.25, -0.2) is 0 Å². The van der Waals surface area contributed by atoms with Crippen LogP contribution in [0, 0.1) is 17.2 Å². The predicted octanol–water partition coefficient (Wildman–Crippen LogP) is 3.60. The highest BCUT2D eigenvalue weighted by Gasteiger charge is 2.11. The van der Waals surface area contributed by atoms with Crippen LogP contribution in [-0.4, -0.2) is 11.0 Å². The van der Waals surface area contributed by atoms with E-state index in [9.17, 15) is 9.90 Å². The lowest BCUT2D eigenvalue weighted by Gasteiger charge is -2.15. The summed E-state index contributed by atoms with van der Waals surface area (Å²) < 4.78 is 0. The number of aromatic hydroxyl groups is 1. The van der Waals surface area contributed by atoms with E-state index in [2.05, 4.69) is 16.7 Å². The molecule has 3 N–H and O–H groups in total. The number of rotatable bonds is 4. The second-order valence-electron chi connectivity index (χ2n) is 5.19. The maximum absolute atomic E-state index is 11.9. The molecule has 0 bridgehead atoms. The van der Waals surface area contributed by atoms with Gasteiger partial charge in [-0.3, -0.25) is 4.79 Å². The van der Waals surface area contributed by atoms with Crippen molar-refractivity contribution in [2.75, 3.05) is 10.6 Å². The van der Waals surface area contributed by atoms with Gasteiger partial charge in [0.2, 0.25) is 5.91 Å². The smallest absolute Gasteiger partial charge is 0.226 e. The van der Waals surface area contributed by atoms with Crippen LogP contribution in [-0.2, 0) is 4.79 Å². The van der Waals surface area contributed by atoms with Gasteiger partial charge < -0.3 is 15.7 Å². The van der Waals surface area contributed by atoms with Crippen LogP contribution in [0.15, 0.2) is 42.5 Å². The molecule has 22 heavy (non-hydrogen) atoms. The standard InChI is InChI=1S/C17H17N3O2/c1-11(2)17(22)20-16-9-12(10-18)3-8-15(16)19-13-4-6-14(21)7-5-13/h3-9,11,19,21H,1-2H3,(H,20,22). The first-order chi connectivity index (χ1) is 10.5. The van der Waals surface area contributed by atoms with E-state index in [1.54, 1.807) is 56.3 Å². The van der Waals surface area contributed by atoms with Crippen molar-refractivity contribution in [3.8, 4) is 11.8 Å². The molecule has 2 aromatic rings. The van der Waals surface area contributed by atoms with E-state index < -0.39 is 0 Å². The molecule has 0 aliphatic carbocycles. The molecule has 1 amide bonds. The Labute approximate surface area is 129 Å². The van der Waals surface area contributed by atoms with Crippen molar-refractivity contribution in [3.63, 3.8) is 0 Å². The number of carbonyl (C=O) groups is 1. The molecule has 0 spiro atoms. The molecule has 0 aliphatic heterocycles. The highest BCUT2D eigenvalue weighted by molar-refractivity contribution is 5.96. The minimum absolute atomic E-state index is 0.121. The first-order valence-corrected chi connectivity index (χ1v) is 6.90. The van der Waals surface area contributed by atoms with E-state index in [-0.39, 0.29) is 17.6 Å². The zero-order valence-electron chi connectivity index (χ0n) is 12.4. The lowest BCUT2D eigenvalue weighted by Crippen LogP contribution is -2.18. The fourth-order valence-electron chi connectivity index (χ4n) is 1.80. The summed E-state index contributed by atoms with van der Waals surface area (Å²) in [5.41, 5.74) is 2.46. The van der Waals surface area contributed by atoms with Crippen LogP contribution in [0.2, 0.25) is 0 Å². The Bertz CT molecular complexity index is 716. The van der Waals surface area contributed by atoms with Crippen molar-refractivity contribution < 1.29 is 9.90 Å². The Morgan fingerprint density at radius 2 is 1.82 bits per heavy atom. The summed E-state index contributed by atoms with van der Waals surface area (Å²) in [6.45, 7) is 3.60. The second kappa shape index (κ2) is 6.64. The largest absolute Gasteiger partial charge is 0.508 e. The summed E-state index contributed by atoms with van der Waals surface area (Å²) in [7, 11) is 0. The van der Waals surface area contributed by atoms with Crippen LogP contribution in [0.5, 0.6) is 5.75 Å². The van der Waals surface area contributed by atoms with Gasteiger partial charge in [-0.2, -0.15) is 5.26 Å². The highest BCUT2D eigenvalue weighted by atomic mass is 16.3. The van der Waals surface area contributed by atoms with Gasteiger partial charge in [0.05, 0.1) is 23.0 Å². The quantitative estimate of drug-likeness (QED) is 0.752. The van der Waals surface area contributed by atoms with Gasteiger partial charge in [-0.15, -0.1) is 0 Å². The first-order valence-electron chi connectivity index (χ1n) is 6.90. The Balaban J connectivity index is 2.31. The third-order valence-corrected chi connectivity index (χ3v) is 3.08. The van der Waals surface area contributed by atoms with Crippen molar-refractivity contribution >= 4 is 23.0 Å². The lowest BCUT2D eigenvalue weighted by molar-refractivity contribution is -0.118. The third-order valence-electron chi connectivity index (χ3n) is 3.08. The molecule has 0 fully saturated rings. The molecule has 2 rings (SSSR count). The van der Waals surface area contributed by atoms with E-state index >= 15 is 0 Å². The van der Waals surface area contributed by atoms with Gasteiger partial charge >= 0.3 is 0 Å². The van der Waals surface area contributed by atoms with Crippen LogP contribution in [0.3, 0.4) is 0 Å². The third kappa shape index (κ3) is 3.76. The monoisotopic (exact) mass is 295 g/mol. The van der Waals surface area contributed by atoms with Crippen molar-refractivity contribution in [1.82, 2.24) is 0 Å². The summed E-state index contributed by atoms with van der Waals surface area (Å²) in [6.07, 6.45) is 0. The molecule has 112 valence electrons. The summed E-state index contributed by atoms with van der Waals surface area (Å²) in [6, 6.07) is 13.7. The molecule has 0 aromatic heterocycles. The minimum Gasteiger partial charge on any atom is -0.508 e.